The van der Waals surface area contributed by atoms with Crippen molar-refractivity contribution < 1.29 is 32.3 Å². The Bertz CT molecular complexity index is 323. The van der Waals surface area contributed by atoms with Gasteiger partial charge in [-0.15, -0.1) is 0 Å². The van der Waals surface area contributed by atoms with Crippen LogP contribution in [0, 0.1) is 5.92 Å². The number of carbonyl (C=O) groups is 2. The number of hydrogen-bond acceptors (Lipinski definition) is 2. The van der Waals surface area contributed by atoms with Crippen LogP contribution in [-0.4, -0.2) is 35.4 Å². The molecule has 0 aliphatic rings. The van der Waals surface area contributed by atoms with Crippen molar-refractivity contribution in [2.75, 3.05) is 0 Å². The zero-order chi connectivity index (χ0) is 15.2. The lowest BCUT2D eigenvalue weighted by Crippen LogP contribution is -2.48. The monoisotopic (exact) mass is 287 g/mol. The fourth-order valence-electron chi connectivity index (χ4n) is 1.34. The lowest BCUT2D eigenvalue weighted by Gasteiger charge is -2.19. The van der Waals surface area contributed by atoms with Crippen LogP contribution in [0.3, 0.4) is 0 Å². The number of carboxylic acid groups (broad SMARTS) is 1. The highest BCUT2D eigenvalue weighted by molar-refractivity contribution is 5.84. The minimum Gasteiger partial charge on any atom is -0.481 e. The molecule has 8 heteroatoms. The van der Waals surface area contributed by atoms with E-state index in [4.69, 9.17) is 5.11 Å². The van der Waals surface area contributed by atoms with Gasteiger partial charge in [0.25, 0.3) is 5.91 Å². The quantitative estimate of drug-likeness (QED) is 0.673. The van der Waals surface area contributed by atoms with Gasteiger partial charge in [0.15, 0.2) is 0 Å². The first-order chi connectivity index (χ1) is 8.59. The Morgan fingerprint density at radius 3 is 2.16 bits per heavy atom. The van der Waals surface area contributed by atoms with E-state index in [-0.39, 0.29) is 6.42 Å². The van der Waals surface area contributed by atoms with E-state index in [0.717, 1.165) is 0 Å². The van der Waals surface area contributed by atoms with Gasteiger partial charge in [-0.2, -0.15) is 8.78 Å². The second-order valence-electron chi connectivity index (χ2n) is 4.47. The Hall–Kier alpha value is -1.34. The summed E-state index contributed by atoms with van der Waals surface area (Å²) in [4.78, 5) is 21.4. The summed E-state index contributed by atoms with van der Waals surface area (Å²) in [6, 6.07) is -0.724. The maximum atomic E-state index is 12.6. The maximum absolute atomic E-state index is 12.6. The first-order valence-electron chi connectivity index (χ1n) is 5.78. The molecule has 0 aliphatic heterocycles. The van der Waals surface area contributed by atoms with Crippen molar-refractivity contribution >= 4 is 11.9 Å². The third kappa shape index (κ3) is 5.89. The van der Waals surface area contributed by atoms with Crippen LogP contribution in [0.5, 0.6) is 0 Å². The number of carboxylic acids is 1. The van der Waals surface area contributed by atoms with Gasteiger partial charge in [0, 0.05) is 6.04 Å². The molecule has 0 aromatic heterocycles. The Balaban J connectivity index is 4.09. The van der Waals surface area contributed by atoms with Crippen molar-refractivity contribution in [3.05, 3.63) is 0 Å². The third-order valence-corrected chi connectivity index (χ3v) is 2.65. The Morgan fingerprint density at radius 1 is 1.21 bits per heavy atom. The summed E-state index contributed by atoms with van der Waals surface area (Å²) in [6.45, 7) is 2.89. The summed E-state index contributed by atoms with van der Waals surface area (Å²) in [5, 5.41) is 10.4. The van der Waals surface area contributed by atoms with Crippen LogP contribution in [0.25, 0.3) is 0 Å². The molecule has 0 bridgehead atoms. The van der Waals surface area contributed by atoms with Crippen molar-refractivity contribution in [3.63, 3.8) is 0 Å². The Morgan fingerprint density at radius 2 is 1.74 bits per heavy atom. The van der Waals surface area contributed by atoms with Crippen LogP contribution in [0.15, 0.2) is 0 Å². The van der Waals surface area contributed by atoms with Gasteiger partial charge in [-0.05, 0) is 19.8 Å². The van der Waals surface area contributed by atoms with Gasteiger partial charge in [0.1, 0.15) is 0 Å². The van der Waals surface area contributed by atoms with Gasteiger partial charge in [0.2, 0.25) is 0 Å². The zero-order valence-electron chi connectivity index (χ0n) is 10.6. The van der Waals surface area contributed by atoms with E-state index >= 15 is 0 Å². The van der Waals surface area contributed by atoms with Gasteiger partial charge in [-0.3, -0.25) is 9.59 Å². The van der Waals surface area contributed by atoms with Crippen LogP contribution in [0.1, 0.15) is 33.1 Å². The smallest absolute Gasteiger partial charge is 0.383 e. The lowest BCUT2D eigenvalue weighted by molar-refractivity contribution is -0.170. The highest BCUT2D eigenvalue weighted by atomic mass is 19.3. The summed E-state index contributed by atoms with van der Waals surface area (Å²) in [6.07, 6.45) is -3.11. The summed E-state index contributed by atoms with van der Waals surface area (Å²) in [5.41, 5.74) is 0. The molecule has 1 amide bonds. The number of halogens is 4. The van der Waals surface area contributed by atoms with Crippen LogP contribution in [0.4, 0.5) is 17.6 Å². The minimum absolute atomic E-state index is 0.239. The van der Waals surface area contributed by atoms with Crippen molar-refractivity contribution in [2.45, 2.75) is 51.5 Å². The highest BCUT2D eigenvalue weighted by Gasteiger charge is 2.49. The molecule has 0 rings (SSSR count). The van der Waals surface area contributed by atoms with E-state index in [2.05, 4.69) is 0 Å². The molecule has 0 aromatic rings. The molecule has 2 unspecified atom stereocenters. The number of hydrogen-bond donors (Lipinski definition) is 2. The maximum Gasteiger partial charge on any atom is 0.383 e. The van der Waals surface area contributed by atoms with Crippen molar-refractivity contribution in [1.82, 2.24) is 5.32 Å². The van der Waals surface area contributed by atoms with E-state index in [1.807, 2.05) is 0 Å². The second-order valence-corrected chi connectivity index (χ2v) is 4.47. The summed E-state index contributed by atoms with van der Waals surface area (Å²) in [5.74, 6) is -8.27. The minimum atomic E-state index is -4.71. The van der Waals surface area contributed by atoms with Crippen molar-refractivity contribution in [3.8, 4) is 0 Å². The molecule has 0 aliphatic carbocycles. The summed E-state index contributed by atoms with van der Waals surface area (Å²) < 4.78 is 49.0. The molecule has 0 radical (unpaired) electrons. The summed E-state index contributed by atoms with van der Waals surface area (Å²) in [7, 11) is 0. The first kappa shape index (κ1) is 17.7. The van der Waals surface area contributed by atoms with Crippen LogP contribution in [-0.2, 0) is 9.59 Å². The van der Waals surface area contributed by atoms with Gasteiger partial charge >= 0.3 is 18.3 Å². The van der Waals surface area contributed by atoms with Crippen molar-refractivity contribution in [1.29, 1.82) is 0 Å². The Kier molecular flexibility index (Phi) is 6.78. The molecule has 0 heterocycles. The molecule has 0 spiro atoms. The molecule has 19 heavy (non-hydrogen) atoms. The van der Waals surface area contributed by atoms with E-state index in [9.17, 15) is 27.2 Å². The number of nitrogens with one attached hydrogen (secondary N) is 1. The second kappa shape index (κ2) is 7.30. The topological polar surface area (TPSA) is 66.4 Å². The number of alkyl halides is 4. The normalized spacial score (nSPS) is 15.1. The SMILES string of the molecule is CC(CCCC(C)C(=O)O)NC(=O)C(F)(F)C(F)F. The average molecular weight is 287 g/mol. The zero-order valence-corrected chi connectivity index (χ0v) is 10.6. The van der Waals surface area contributed by atoms with Gasteiger partial charge in [0.05, 0.1) is 5.92 Å². The molecule has 0 saturated heterocycles. The third-order valence-electron chi connectivity index (χ3n) is 2.65. The number of rotatable bonds is 8. The van der Waals surface area contributed by atoms with E-state index in [0.29, 0.717) is 12.8 Å². The molecule has 0 saturated carbocycles. The highest BCUT2D eigenvalue weighted by Crippen LogP contribution is 2.23. The van der Waals surface area contributed by atoms with E-state index in [1.54, 1.807) is 5.32 Å². The van der Waals surface area contributed by atoms with Crippen LogP contribution < -0.4 is 5.32 Å². The molecule has 112 valence electrons. The van der Waals surface area contributed by atoms with Gasteiger partial charge in [-0.25, -0.2) is 8.78 Å². The van der Waals surface area contributed by atoms with E-state index in [1.165, 1.54) is 13.8 Å². The molecule has 0 aromatic carbocycles. The predicted molar refractivity (Wildman–Crippen MR) is 59.2 cm³/mol. The fourth-order valence-corrected chi connectivity index (χ4v) is 1.34. The van der Waals surface area contributed by atoms with E-state index < -0.39 is 36.2 Å². The largest absolute Gasteiger partial charge is 0.481 e. The molecular weight excluding hydrogens is 270 g/mol. The lowest BCUT2D eigenvalue weighted by atomic mass is 10.0. The Labute approximate surface area is 108 Å². The molecule has 2 atom stereocenters. The number of carbonyl (C=O) groups excluding carboxylic acids is 1. The molecule has 4 nitrogen and oxygen atoms in total. The number of aliphatic carboxylic acids is 1. The average Bonchev–Trinajstić information content (AvgIpc) is 2.27. The first-order valence-corrected chi connectivity index (χ1v) is 5.78. The fraction of sp³-hybridized carbons (Fsp3) is 0.818. The van der Waals surface area contributed by atoms with Crippen LogP contribution >= 0.6 is 0 Å². The number of amides is 1. The van der Waals surface area contributed by atoms with Crippen LogP contribution in [0.2, 0.25) is 0 Å². The predicted octanol–water partition coefficient (Wildman–Crippen LogP) is 2.28. The van der Waals surface area contributed by atoms with Gasteiger partial charge in [-0.1, -0.05) is 13.3 Å². The molecule has 2 N–H and O–H groups in total. The summed E-state index contributed by atoms with van der Waals surface area (Å²) >= 11 is 0. The molecule has 0 fully saturated rings. The van der Waals surface area contributed by atoms with Crippen molar-refractivity contribution in [2.24, 2.45) is 5.92 Å². The standard InChI is InChI=1S/C11H17F4NO3/c1-6(8(17)18)4-3-5-7(2)16-10(19)11(14,15)9(12)13/h6-7,9H,3-5H2,1-2H3,(H,16,19)(H,17,18). The molecular formula is C11H17F4NO3. The van der Waals surface area contributed by atoms with Gasteiger partial charge < -0.3 is 10.4 Å².